The molecule has 112 valence electrons. The lowest BCUT2D eigenvalue weighted by Gasteiger charge is -2.17. The Morgan fingerprint density at radius 1 is 1.10 bits per heavy atom. The zero-order valence-corrected chi connectivity index (χ0v) is 12.3. The van der Waals surface area contributed by atoms with Crippen LogP contribution >= 0.6 is 0 Å². The third kappa shape index (κ3) is 4.38. The van der Waals surface area contributed by atoms with E-state index in [-0.39, 0.29) is 11.8 Å². The Hall–Kier alpha value is -1.28. The highest BCUT2D eigenvalue weighted by Crippen LogP contribution is 2.21. The van der Waals surface area contributed by atoms with Gasteiger partial charge in [-0.1, -0.05) is 0 Å². The summed E-state index contributed by atoms with van der Waals surface area (Å²) in [5.41, 5.74) is 0.978. The van der Waals surface area contributed by atoms with Crippen molar-refractivity contribution < 1.29 is 29.0 Å². The third-order valence-electron chi connectivity index (χ3n) is 2.75. The molecule has 0 saturated carbocycles. The molecule has 0 aromatic heterocycles. The molecule has 6 nitrogen and oxygen atoms in total. The number of rotatable bonds is 8. The van der Waals surface area contributed by atoms with Crippen molar-refractivity contribution in [1.82, 2.24) is 0 Å². The van der Waals surface area contributed by atoms with Gasteiger partial charge in [0.15, 0.2) is 6.29 Å². The fourth-order valence-corrected chi connectivity index (χ4v) is 1.83. The highest BCUT2D eigenvalue weighted by molar-refractivity contribution is 6.61. The van der Waals surface area contributed by atoms with E-state index in [4.69, 9.17) is 18.9 Å². The zero-order chi connectivity index (χ0) is 15.1. The Kier molecular flexibility index (Phi) is 6.80. The van der Waals surface area contributed by atoms with Crippen molar-refractivity contribution in [3.63, 3.8) is 0 Å². The maximum Gasteiger partial charge on any atom is 0.496 e. The van der Waals surface area contributed by atoms with Gasteiger partial charge in [0.2, 0.25) is 0 Å². The molecule has 0 heterocycles. The van der Waals surface area contributed by atoms with Gasteiger partial charge in [-0.3, -0.25) is 0 Å². The molecule has 0 aliphatic rings. The molecule has 1 aromatic rings. The Bertz CT molecular complexity index is 398. The lowest BCUT2D eigenvalue weighted by Crippen LogP contribution is -2.32. The highest BCUT2D eigenvalue weighted by Gasteiger charge is 2.23. The first-order valence-corrected chi connectivity index (χ1v) is 6.37. The van der Waals surface area contributed by atoms with E-state index in [1.54, 1.807) is 12.1 Å². The Labute approximate surface area is 119 Å². The predicted octanol–water partition coefficient (Wildman–Crippen LogP) is 0.283. The van der Waals surface area contributed by atoms with Crippen molar-refractivity contribution in [1.29, 1.82) is 0 Å². The first-order chi connectivity index (χ1) is 9.53. The van der Waals surface area contributed by atoms with E-state index in [2.05, 4.69) is 0 Å². The van der Waals surface area contributed by atoms with Crippen LogP contribution in [-0.4, -0.2) is 44.3 Å². The number of ether oxygens (including phenoxy) is 4. The lowest BCUT2D eigenvalue weighted by molar-refractivity contribution is -0.134. The zero-order valence-electron chi connectivity index (χ0n) is 12.3. The van der Waals surface area contributed by atoms with Crippen LogP contribution < -0.4 is 14.9 Å². The summed E-state index contributed by atoms with van der Waals surface area (Å²) in [5.74, 6) is 0.670. The lowest BCUT2D eigenvalue weighted by atomic mass is 9.78. The third-order valence-corrected chi connectivity index (χ3v) is 2.75. The second kappa shape index (κ2) is 8.11. The van der Waals surface area contributed by atoms with Gasteiger partial charge >= 0.3 is 7.12 Å². The fourth-order valence-electron chi connectivity index (χ4n) is 1.83. The van der Waals surface area contributed by atoms with Gasteiger partial charge in [0.05, 0.1) is 26.3 Å². The van der Waals surface area contributed by atoms with Crippen LogP contribution in [0.4, 0.5) is 0 Å². The molecule has 1 atom stereocenters. The average Bonchev–Trinajstić information content (AvgIpc) is 2.43. The predicted molar refractivity (Wildman–Crippen MR) is 75.2 cm³/mol. The van der Waals surface area contributed by atoms with Gasteiger partial charge in [-0.15, -0.1) is 0 Å². The van der Waals surface area contributed by atoms with Crippen molar-refractivity contribution in [2.75, 3.05) is 20.8 Å². The van der Waals surface area contributed by atoms with Gasteiger partial charge in [-0.25, -0.2) is 0 Å². The number of benzene rings is 1. The largest absolute Gasteiger partial charge is 0.497 e. The van der Waals surface area contributed by atoms with Crippen molar-refractivity contribution >= 4 is 12.6 Å². The first-order valence-electron chi connectivity index (χ1n) is 6.37. The van der Waals surface area contributed by atoms with Gasteiger partial charge in [0, 0.05) is 6.61 Å². The standard InChI is InChI=1S/C13H21BO6/c1-5-19-9(2)20-8-10-6-11(17-3)13(14(15)16)12(7-10)18-4/h6-7,9,15-16H,5,8H2,1-4H3. The molecule has 2 N–H and O–H groups in total. The highest BCUT2D eigenvalue weighted by atomic mass is 16.7. The Balaban J connectivity index is 2.93. The molecule has 0 fully saturated rings. The summed E-state index contributed by atoms with van der Waals surface area (Å²) in [6.07, 6.45) is -0.319. The SMILES string of the molecule is CCOC(C)OCc1cc(OC)c(B(O)O)c(OC)c1. The summed E-state index contributed by atoms with van der Waals surface area (Å²) in [4.78, 5) is 0. The number of hydrogen-bond acceptors (Lipinski definition) is 6. The smallest absolute Gasteiger partial charge is 0.496 e. The minimum Gasteiger partial charge on any atom is -0.497 e. The molecule has 0 spiro atoms. The molecule has 0 bridgehead atoms. The van der Waals surface area contributed by atoms with Crippen LogP contribution in [0, 0.1) is 0 Å². The van der Waals surface area contributed by atoms with Crippen LogP contribution in [0.15, 0.2) is 12.1 Å². The van der Waals surface area contributed by atoms with Gasteiger partial charge < -0.3 is 29.0 Å². The Morgan fingerprint density at radius 3 is 2.05 bits per heavy atom. The molecule has 1 rings (SSSR count). The molecule has 0 aliphatic carbocycles. The monoisotopic (exact) mass is 284 g/mol. The second-order valence-electron chi connectivity index (χ2n) is 4.12. The number of hydrogen-bond donors (Lipinski definition) is 2. The molecule has 1 aromatic carbocycles. The van der Waals surface area contributed by atoms with Crippen LogP contribution in [0.5, 0.6) is 11.5 Å². The maximum atomic E-state index is 9.37. The summed E-state index contributed by atoms with van der Waals surface area (Å²) < 4.78 is 21.1. The molecule has 20 heavy (non-hydrogen) atoms. The van der Waals surface area contributed by atoms with Crippen molar-refractivity contribution in [3.8, 4) is 11.5 Å². The topological polar surface area (TPSA) is 77.4 Å². The summed E-state index contributed by atoms with van der Waals surface area (Å²) in [6.45, 7) is 4.58. The van der Waals surface area contributed by atoms with E-state index >= 15 is 0 Å². The number of methoxy groups -OCH3 is 2. The van der Waals surface area contributed by atoms with E-state index in [1.165, 1.54) is 14.2 Å². The second-order valence-corrected chi connectivity index (χ2v) is 4.12. The minimum absolute atomic E-state index is 0.191. The van der Waals surface area contributed by atoms with Gasteiger partial charge in [0.1, 0.15) is 11.5 Å². The summed E-state index contributed by atoms with van der Waals surface area (Å²) >= 11 is 0. The van der Waals surface area contributed by atoms with E-state index < -0.39 is 7.12 Å². The summed E-state index contributed by atoms with van der Waals surface area (Å²) in [5, 5.41) is 18.7. The van der Waals surface area contributed by atoms with Gasteiger partial charge in [-0.05, 0) is 31.5 Å². The molecule has 1 unspecified atom stereocenters. The van der Waals surface area contributed by atoms with Gasteiger partial charge in [-0.2, -0.15) is 0 Å². The molecule has 0 amide bonds. The van der Waals surface area contributed by atoms with Crippen LogP contribution in [0.2, 0.25) is 0 Å². The maximum absolute atomic E-state index is 9.37. The van der Waals surface area contributed by atoms with Crippen molar-refractivity contribution in [2.45, 2.75) is 26.7 Å². The molecular weight excluding hydrogens is 263 g/mol. The Morgan fingerprint density at radius 2 is 1.65 bits per heavy atom. The van der Waals surface area contributed by atoms with Crippen LogP contribution in [0.25, 0.3) is 0 Å². The molecule has 7 heteroatoms. The van der Waals surface area contributed by atoms with E-state index in [1.807, 2.05) is 13.8 Å². The average molecular weight is 284 g/mol. The van der Waals surface area contributed by atoms with Crippen LogP contribution in [0.1, 0.15) is 19.4 Å². The van der Waals surface area contributed by atoms with Crippen LogP contribution in [0.3, 0.4) is 0 Å². The van der Waals surface area contributed by atoms with Gasteiger partial charge in [0.25, 0.3) is 0 Å². The molecular formula is C13H21BO6. The quantitative estimate of drug-likeness (QED) is 0.527. The molecule has 0 saturated heterocycles. The minimum atomic E-state index is -1.67. The summed E-state index contributed by atoms with van der Waals surface area (Å²) in [7, 11) is 1.24. The fraction of sp³-hybridized carbons (Fsp3) is 0.538. The van der Waals surface area contributed by atoms with Crippen molar-refractivity contribution in [3.05, 3.63) is 17.7 Å². The van der Waals surface area contributed by atoms with E-state index in [9.17, 15) is 10.0 Å². The van der Waals surface area contributed by atoms with Crippen LogP contribution in [-0.2, 0) is 16.1 Å². The molecule has 0 aliphatic heterocycles. The van der Waals surface area contributed by atoms with Crippen molar-refractivity contribution in [2.24, 2.45) is 0 Å². The van der Waals surface area contributed by atoms with E-state index in [0.29, 0.717) is 24.7 Å². The normalized spacial score (nSPS) is 12.1. The van der Waals surface area contributed by atoms with E-state index in [0.717, 1.165) is 5.56 Å². The first kappa shape index (κ1) is 16.8. The molecule has 0 radical (unpaired) electrons. The summed E-state index contributed by atoms with van der Waals surface area (Å²) in [6, 6.07) is 3.35.